The molecule has 0 spiro atoms. The maximum Gasteiger partial charge on any atom is 0.150 e. The van der Waals surface area contributed by atoms with E-state index in [1.807, 2.05) is 10.7 Å². The SMILES string of the molecule is CS(=O)(=O)C[C@H](O)c1cc2n(n1)CCN(CC1CCCC1)C2. The number of nitrogens with zero attached hydrogens (tertiary/aromatic N) is 3. The Morgan fingerprint density at radius 2 is 2.09 bits per heavy atom. The third-order valence-corrected chi connectivity index (χ3v) is 5.61. The molecule has 22 heavy (non-hydrogen) atoms. The standard InChI is InChI=1S/C15H25N3O3S/c1-22(20,21)11-15(19)14-8-13-10-17(6-7-18(13)16-14)9-12-4-2-3-5-12/h8,12,15,19H,2-7,9-11H2,1H3/t15-/m0/s1. The van der Waals surface area contributed by atoms with Gasteiger partial charge < -0.3 is 5.11 Å². The van der Waals surface area contributed by atoms with Crippen molar-refractivity contribution in [3.8, 4) is 0 Å². The molecule has 1 atom stereocenters. The topological polar surface area (TPSA) is 75.4 Å². The lowest BCUT2D eigenvalue weighted by Crippen LogP contribution is -2.36. The minimum Gasteiger partial charge on any atom is -0.386 e. The van der Waals surface area contributed by atoms with Gasteiger partial charge in [0.15, 0.2) is 0 Å². The van der Waals surface area contributed by atoms with Crippen molar-refractivity contribution in [2.45, 2.75) is 44.9 Å². The lowest BCUT2D eigenvalue weighted by molar-refractivity contribution is 0.180. The van der Waals surface area contributed by atoms with Gasteiger partial charge in [0.2, 0.25) is 0 Å². The van der Waals surface area contributed by atoms with Crippen LogP contribution in [0.4, 0.5) is 0 Å². The Morgan fingerprint density at radius 1 is 1.36 bits per heavy atom. The average molecular weight is 327 g/mol. The molecule has 1 fully saturated rings. The number of rotatable bonds is 5. The summed E-state index contributed by atoms with van der Waals surface area (Å²) in [5, 5.41) is 14.4. The smallest absolute Gasteiger partial charge is 0.150 e. The van der Waals surface area contributed by atoms with Gasteiger partial charge in [-0.25, -0.2) is 8.42 Å². The number of aliphatic hydroxyl groups excluding tert-OH is 1. The summed E-state index contributed by atoms with van der Waals surface area (Å²) in [5.41, 5.74) is 1.55. The predicted molar refractivity (Wildman–Crippen MR) is 84.1 cm³/mol. The minimum absolute atomic E-state index is 0.269. The van der Waals surface area contributed by atoms with Crippen LogP contribution in [-0.2, 0) is 22.9 Å². The highest BCUT2D eigenvalue weighted by molar-refractivity contribution is 7.90. The molecule has 7 heteroatoms. The van der Waals surface area contributed by atoms with Crippen LogP contribution in [0, 0.1) is 5.92 Å². The zero-order chi connectivity index (χ0) is 15.7. The third kappa shape index (κ3) is 3.88. The van der Waals surface area contributed by atoms with Crippen molar-refractivity contribution < 1.29 is 13.5 Å². The maximum absolute atomic E-state index is 11.3. The van der Waals surface area contributed by atoms with E-state index in [2.05, 4.69) is 10.00 Å². The van der Waals surface area contributed by atoms with E-state index in [0.717, 1.165) is 44.0 Å². The molecule has 0 bridgehead atoms. The van der Waals surface area contributed by atoms with Crippen molar-refractivity contribution in [2.75, 3.05) is 25.1 Å². The monoisotopic (exact) mass is 327 g/mol. The molecule has 1 aliphatic carbocycles. The molecule has 6 nitrogen and oxygen atoms in total. The molecule has 1 aliphatic heterocycles. The first-order chi connectivity index (χ1) is 10.4. The zero-order valence-corrected chi connectivity index (χ0v) is 13.9. The first kappa shape index (κ1) is 16.0. The van der Waals surface area contributed by atoms with Gasteiger partial charge in [-0.05, 0) is 24.8 Å². The highest BCUT2D eigenvalue weighted by Gasteiger charge is 2.25. The summed E-state index contributed by atoms with van der Waals surface area (Å²) in [5.74, 6) is 0.555. The van der Waals surface area contributed by atoms with Crippen LogP contribution in [0.1, 0.15) is 43.2 Å². The van der Waals surface area contributed by atoms with Gasteiger partial charge in [0.05, 0.1) is 23.7 Å². The Kier molecular flexibility index (Phi) is 4.56. The predicted octanol–water partition coefficient (Wildman–Crippen LogP) is 0.967. The molecule has 2 heterocycles. The number of aromatic nitrogens is 2. The second-order valence-corrected chi connectivity index (χ2v) is 8.96. The summed E-state index contributed by atoms with van der Waals surface area (Å²) in [6.07, 6.45) is 5.50. The fourth-order valence-electron chi connectivity index (χ4n) is 3.59. The molecular weight excluding hydrogens is 302 g/mol. The summed E-state index contributed by atoms with van der Waals surface area (Å²) in [4.78, 5) is 2.46. The second-order valence-electron chi connectivity index (χ2n) is 6.78. The van der Waals surface area contributed by atoms with Crippen molar-refractivity contribution >= 4 is 9.84 Å². The van der Waals surface area contributed by atoms with Crippen LogP contribution in [0.15, 0.2) is 6.07 Å². The Labute approximate surface area is 132 Å². The van der Waals surface area contributed by atoms with Gasteiger partial charge in [-0.3, -0.25) is 9.58 Å². The molecule has 0 saturated heterocycles. The number of hydrogen-bond acceptors (Lipinski definition) is 5. The van der Waals surface area contributed by atoms with E-state index >= 15 is 0 Å². The maximum atomic E-state index is 11.3. The van der Waals surface area contributed by atoms with Crippen LogP contribution < -0.4 is 0 Å². The van der Waals surface area contributed by atoms with Crippen LogP contribution in [0.25, 0.3) is 0 Å². The largest absolute Gasteiger partial charge is 0.386 e. The van der Waals surface area contributed by atoms with Crippen LogP contribution >= 0.6 is 0 Å². The van der Waals surface area contributed by atoms with Gasteiger partial charge in [0.1, 0.15) is 15.9 Å². The first-order valence-electron chi connectivity index (χ1n) is 8.05. The highest BCUT2D eigenvalue weighted by Crippen LogP contribution is 2.27. The Balaban J connectivity index is 1.64. The summed E-state index contributed by atoms with van der Waals surface area (Å²) in [7, 11) is -3.21. The molecule has 0 amide bonds. The Morgan fingerprint density at radius 3 is 2.77 bits per heavy atom. The first-order valence-corrected chi connectivity index (χ1v) is 10.1. The Bertz CT molecular complexity index is 620. The van der Waals surface area contributed by atoms with Crippen molar-refractivity contribution in [3.05, 3.63) is 17.5 Å². The quantitative estimate of drug-likeness (QED) is 0.872. The molecule has 1 saturated carbocycles. The number of sulfone groups is 1. The Hall–Kier alpha value is -0.920. The number of fused-ring (bicyclic) bond motifs is 1. The van der Waals surface area contributed by atoms with E-state index in [1.54, 1.807) is 0 Å². The second kappa shape index (κ2) is 6.29. The van der Waals surface area contributed by atoms with Crippen LogP contribution in [-0.4, -0.2) is 53.3 Å². The molecule has 1 N–H and O–H groups in total. The number of aliphatic hydroxyl groups is 1. The third-order valence-electron chi connectivity index (χ3n) is 4.69. The van der Waals surface area contributed by atoms with Crippen molar-refractivity contribution in [2.24, 2.45) is 5.92 Å². The average Bonchev–Trinajstić information content (AvgIpc) is 3.05. The van der Waals surface area contributed by atoms with E-state index in [1.165, 1.54) is 25.7 Å². The van der Waals surface area contributed by atoms with E-state index in [9.17, 15) is 13.5 Å². The molecule has 0 aromatic carbocycles. The van der Waals surface area contributed by atoms with Crippen molar-refractivity contribution in [1.29, 1.82) is 0 Å². The van der Waals surface area contributed by atoms with E-state index in [4.69, 9.17) is 0 Å². The highest BCUT2D eigenvalue weighted by atomic mass is 32.2. The summed E-state index contributed by atoms with van der Waals surface area (Å²) in [6, 6.07) is 1.86. The molecular formula is C15H25N3O3S. The molecule has 0 unspecified atom stereocenters. The van der Waals surface area contributed by atoms with E-state index in [-0.39, 0.29) is 5.75 Å². The lowest BCUT2D eigenvalue weighted by Gasteiger charge is -2.29. The zero-order valence-electron chi connectivity index (χ0n) is 13.1. The van der Waals surface area contributed by atoms with Gasteiger partial charge in [-0.2, -0.15) is 5.10 Å². The molecule has 1 aromatic heterocycles. The molecule has 2 aliphatic rings. The normalized spacial score (nSPS) is 21.9. The van der Waals surface area contributed by atoms with E-state index in [0.29, 0.717) is 5.69 Å². The summed E-state index contributed by atoms with van der Waals surface area (Å²) in [6.45, 7) is 3.78. The van der Waals surface area contributed by atoms with E-state index < -0.39 is 15.9 Å². The van der Waals surface area contributed by atoms with Crippen LogP contribution in [0.3, 0.4) is 0 Å². The molecule has 3 rings (SSSR count). The summed E-state index contributed by atoms with van der Waals surface area (Å²) >= 11 is 0. The fraction of sp³-hybridized carbons (Fsp3) is 0.800. The molecule has 124 valence electrons. The fourth-order valence-corrected chi connectivity index (χ4v) is 4.34. The minimum atomic E-state index is -3.21. The van der Waals surface area contributed by atoms with Crippen LogP contribution in [0.2, 0.25) is 0 Å². The number of hydrogen-bond donors (Lipinski definition) is 1. The summed E-state index contributed by atoms with van der Waals surface area (Å²) < 4.78 is 24.5. The van der Waals surface area contributed by atoms with Gasteiger partial charge in [-0.15, -0.1) is 0 Å². The molecule has 1 aromatic rings. The van der Waals surface area contributed by atoms with Gasteiger partial charge in [-0.1, -0.05) is 12.8 Å². The van der Waals surface area contributed by atoms with Crippen LogP contribution in [0.5, 0.6) is 0 Å². The van der Waals surface area contributed by atoms with Gasteiger partial charge in [0, 0.05) is 25.9 Å². The lowest BCUT2D eigenvalue weighted by atomic mass is 10.1. The van der Waals surface area contributed by atoms with Crippen molar-refractivity contribution in [3.63, 3.8) is 0 Å². The van der Waals surface area contributed by atoms with Crippen molar-refractivity contribution in [1.82, 2.24) is 14.7 Å². The van der Waals surface area contributed by atoms with Gasteiger partial charge >= 0.3 is 0 Å². The molecule has 0 radical (unpaired) electrons. The van der Waals surface area contributed by atoms with Gasteiger partial charge in [0.25, 0.3) is 0 Å².